The summed E-state index contributed by atoms with van der Waals surface area (Å²) in [5.41, 5.74) is 5.86. The van der Waals surface area contributed by atoms with Gasteiger partial charge in [-0.25, -0.2) is 0 Å². The van der Waals surface area contributed by atoms with E-state index in [-0.39, 0.29) is 18.3 Å². The summed E-state index contributed by atoms with van der Waals surface area (Å²) in [7, 11) is 1.92. The number of rotatable bonds is 3. The van der Waals surface area contributed by atoms with E-state index in [1.54, 1.807) is 0 Å². The van der Waals surface area contributed by atoms with Crippen molar-refractivity contribution in [2.75, 3.05) is 13.6 Å². The summed E-state index contributed by atoms with van der Waals surface area (Å²) in [6.07, 6.45) is 5.20. The Morgan fingerprint density at radius 3 is 2.31 bits per heavy atom. The lowest BCUT2D eigenvalue weighted by Crippen LogP contribution is -2.41. The summed E-state index contributed by atoms with van der Waals surface area (Å²) in [6.45, 7) is 5.08. The topological polar surface area (TPSA) is 46.3 Å². The molecule has 96 valence electrons. The van der Waals surface area contributed by atoms with Crippen molar-refractivity contribution in [3.63, 3.8) is 0 Å². The first-order chi connectivity index (χ1) is 6.96. The number of carbonyl (C=O) groups excluding carboxylic acids is 1. The van der Waals surface area contributed by atoms with E-state index in [0.717, 1.165) is 12.8 Å². The summed E-state index contributed by atoms with van der Waals surface area (Å²) in [6, 6.07) is 0.442. The van der Waals surface area contributed by atoms with Crippen LogP contribution in [0, 0.1) is 5.41 Å². The number of amides is 1. The fraction of sp³-hybridized carbons (Fsp3) is 0.917. The molecule has 0 atom stereocenters. The van der Waals surface area contributed by atoms with Gasteiger partial charge in [0.05, 0.1) is 0 Å². The fourth-order valence-electron chi connectivity index (χ4n) is 2.27. The van der Waals surface area contributed by atoms with Crippen LogP contribution in [0.2, 0.25) is 0 Å². The average molecular weight is 249 g/mol. The highest BCUT2D eigenvalue weighted by Crippen LogP contribution is 2.36. The highest BCUT2D eigenvalue weighted by molar-refractivity contribution is 5.85. The van der Waals surface area contributed by atoms with Crippen LogP contribution in [0.15, 0.2) is 0 Å². The van der Waals surface area contributed by atoms with Crippen LogP contribution in [0.5, 0.6) is 0 Å². The van der Waals surface area contributed by atoms with Gasteiger partial charge in [0.2, 0.25) is 5.91 Å². The van der Waals surface area contributed by atoms with Crippen LogP contribution in [-0.2, 0) is 4.79 Å². The third kappa shape index (κ3) is 4.30. The van der Waals surface area contributed by atoms with E-state index in [4.69, 9.17) is 5.73 Å². The van der Waals surface area contributed by atoms with Gasteiger partial charge >= 0.3 is 0 Å². The van der Waals surface area contributed by atoms with Gasteiger partial charge in [-0.1, -0.05) is 13.8 Å². The van der Waals surface area contributed by atoms with Crippen molar-refractivity contribution in [1.29, 1.82) is 0 Å². The maximum absolute atomic E-state index is 11.6. The molecule has 0 bridgehead atoms. The molecule has 16 heavy (non-hydrogen) atoms. The largest absolute Gasteiger partial charge is 0.343 e. The molecule has 1 aliphatic carbocycles. The van der Waals surface area contributed by atoms with Gasteiger partial charge in [-0.05, 0) is 31.1 Å². The zero-order chi connectivity index (χ0) is 11.5. The average Bonchev–Trinajstić information content (AvgIpc) is 2.17. The van der Waals surface area contributed by atoms with Gasteiger partial charge in [-0.2, -0.15) is 0 Å². The van der Waals surface area contributed by atoms with Gasteiger partial charge in [0.25, 0.3) is 0 Å². The van der Waals surface area contributed by atoms with E-state index in [1.807, 2.05) is 11.9 Å². The molecule has 0 heterocycles. The quantitative estimate of drug-likeness (QED) is 0.832. The minimum Gasteiger partial charge on any atom is -0.343 e. The number of halogens is 1. The lowest BCUT2D eigenvalue weighted by Gasteiger charge is -2.38. The Hall–Kier alpha value is -0.280. The lowest BCUT2D eigenvalue weighted by molar-refractivity contribution is -0.132. The molecule has 1 aliphatic rings. The van der Waals surface area contributed by atoms with Crippen LogP contribution in [0.25, 0.3) is 0 Å². The molecular formula is C12H25ClN2O. The predicted octanol–water partition coefficient (Wildman–Crippen LogP) is 2.18. The monoisotopic (exact) mass is 248 g/mol. The van der Waals surface area contributed by atoms with Crippen LogP contribution in [0.3, 0.4) is 0 Å². The Labute approximate surface area is 105 Å². The minimum absolute atomic E-state index is 0. The normalized spacial score (nSPS) is 20.0. The highest BCUT2D eigenvalue weighted by atomic mass is 35.5. The molecule has 1 rings (SSSR count). The van der Waals surface area contributed by atoms with Crippen LogP contribution >= 0.6 is 12.4 Å². The highest BCUT2D eigenvalue weighted by Gasteiger charge is 2.30. The van der Waals surface area contributed by atoms with Crippen molar-refractivity contribution in [2.45, 2.75) is 52.0 Å². The zero-order valence-corrected chi connectivity index (χ0v) is 11.5. The van der Waals surface area contributed by atoms with Crippen molar-refractivity contribution >= 4 is 18.3 Å². The molecule has 0 spiro atoms. The molecular weight excluding hydrogens is 224 g/mol. The van der Waals surface area contributed by atoms with Crippen molar-refractivity contribution in [2.24, 2.45) is 11.1 Å². The van der Waals surface area contributed by atoms with Crippen molar-refractivity contribution in [1.82, 2.24) is 4.90 Å². The Bertz CT molecular complexity index is 221. The van der Waals surface area contributed by atoms with E-state index >= 15 is 0 Å². The second-order valence-corrected chi connectivity index (χ2v) is 5.44. The van der Waals surface area contributed by atoms with Crippen molar-refractivity contribution in [3.05, 3.63) is 0 Å². The maximum Gasteiger partial charge on any atom is 0.223 e. The molecule has 1 fully saturated rings. The molecule has 0 aromatic heterocycles. The standard InChI is InChI=1S/C12H24N2O.ClH/c1-12(2)7-4-10(5-8-12)14(3)11(15)6-9-13;/h10H,4-9,13H2,1-3H3;1H. The number of nitrogens with two attached hydrogens (primary N) is 1. The molecule has 1 amide bonds. The molecule has 0 aliphatic heterocycles. The van der Waals surface area contributed by atoms with E-state index in [1.165, 1.54) is 12.8 Å². The number of carbonyl (C=O) groups is 1. The second kappa shape index (κ2) is 6.45. The Morgan fingerprint density at radius 2 is 1.88 bits per heavy atom. The Balaban J connectivity index is 0.00000225. The molecule has 2 N–H and O–H groups in total. The van der Waals surface area contributed by atoms with Crippen LogP contribution in [0.1, 0.15) is 46.0 Å². The molecule has 3 nitrogen and oxygen atoms in total. The van der Waals surface area contributed by atoms with E-state index in [2.05, 4.69) is 13.8 Å². The smallest absolute Gasteiger partial charge is 0.223 e. The van der Waals surface area contributed by atoms with Gasteiger partial charge in [0.15, 0.2) is 0 Å². The third-order valence-electron chi connectivity index (χ3n) is 3.61. The van der Waals surface area contributed by atoms with E-state index in [9.17, 15) is 4.79 Å². The Kier molecular flexibility index (Phi) is 6.34. The summed E-state index contributed by atoms with van der Waals surface area (Å²) in [5, 5.41) is 0. The number of hydrogen-bond donors (Lipinski definition) is 1. The van der Waals surface area contributed by atoms with Gasteiger partial charge in [-0.3, -0.25) is 4.79 Å². The molecule has 0 aromatic carbocycles. The molecule has 1 saturated carbocycles. The van der Waals surface area contributed by atoms with Gasteiger partial charge in [-0.15, -0.1) is 12.4 Å². The summed E-state index contributed by atoms with van der Waals surface area (Å²) in [5.74, 6) is 0.196. The fourth-order valence-corrected chi connectivity index (χ4v) is 2.27. The molecule has 0 saturated heterocycles. The lowest BCUT2D eigenvalue weighted by atomic mass is 9.75. The molecule has 0 aromatic rings. The summed E-state index contributed by atoms with van der Waals surface area (Å²) < 4.78 is 0. The van der Waals surface area contributed by atoms with Crippen LogP contribution in [0.4, 0.5) is 0 Å². The number of nitrogens with zero attached hydrogens (tertiary/aromatic N) is 1. The second-order valence-electron chi connectivity index (χ2n) is 5.44. The minimum atomic E-state index is 0. The van der Waals surface area contributed by atoms with Gasteiger partial charge in [0, 0.05) is 26.1 Å². The summed E-state index contributed by atoms with van der Waals surface area (Å²) in [4.78, 5) is 13.6. The first-order valence-electron chi connectivity index (χ1n) is 5.92. The first kappa shape index (κ1) is 15.7. The van der Waals surface area contributed by atoms with Gasteiger partial charge < -0.3 is 10.6 Å². The molecule has 0 radical (unpaired) electrons. The maximum atomic E-state index is 11.6. The molecule has 0 unspecified atom stereocenters. The van der Waals surface area contributed by atoms with Gasteiger partial charge in [0.1, 0.15) is 0 Å². The van der Waals surface area contributed by atoms with Crippen LogP contribution in [-0.4, -0.2) is 30.4 Å². The Morgan fingerprint density at radius 1 is 1.38 bits per heavy atom. The number of hydrogen-bond acceptors (Lipinski definition) is 2. The zero-order valence-electron chi connectivity index (χ0n) is 10.7. The van der Waals surface area contributed by atoms with Crippen LogP contribution < -0.4 is 5.73 Å². The van der Waals surface area contributed by atoms with E-state index < -0.39 is 0 Å². The third-order valence-corrected chi connectivity index (χ3v) is 3.61. The first-order valence-corrected chi connectivity index (χ1v) is 5.92. The van der Waals surface area contributed by atoms with Crippen molar-refractivity contribution in [3.8, 4) is 0 Å². The van der Waals surface area contributed by atoms with E-state index in [0.29, 0.717) is 24.4 Å². The van der Waals surface area contributed by atoms with Crippen molar-refractivity contribution < 1.29 is 4.79 Å². The SMILES string of the molecule is CN(C(=O)CCN)C1CCC(C)(C)CC1.Cl. The summed E-state index contributed by atoms with van der Waals surface area (Å²) >= 11 is 0. The predicted molar refractivity (Wildman–Crippen MR) is 69.7 cm³/mol. The molecule has 4 heteroatoms.